The molecule has 0 saturated carbocycles. The van der Waals surface area contributed by atoms with Gasteiger partial charge in [0.15, 0.2) is 0 Å². The molecule has 0 atom stereocenters. The first-order valence-electron chi connectivity index (χ1n) is 7.62. The molecule has 0 unspecified atom stereocenters. The van der Waals surface area contributed by atoms with Crippen LogP contribution in [0, 0.1) is 0 Å². The maximum Gasteiger partial charge on any atom is 0.273 e. The average molecular weight is 340 g/mol. The molecule has 7 nitrogen and oxygen atoms in total. The number of hydrazone groups is 1. The second kappa shape index (κ2) is 8.49. The van der Waals surface area contributed by atoms with Crippen LogP contribution in [0.4, 0.5) is 11.4 Å². The van der Waals surface area contributed by atoms with E-state index in [0.717, 1.165) is 0 Å². The number of methoxy groups -OCH3 is 1. The highest BCUT2D eigenvalue weighted by Crippen LogP contribution is 2.23. The van der Waals surface area contributed by atoms with E-state index in [1.165, 1.54) is 7.11 Å². The third kappa shape index (κ3) is 5.07. The monoisotopic (exact) mass is 340 g/mol. The van der Waals surface area contributed by atoms with Crippen LogP contribution in [-0.2, 0) is 4.79 Å². The Balaban J connectivity index is 1.93. The number of hydrogen-bond acceptors (Lipinski definition) is 5. The van der Waals surface area contributed by atoms with E-state index >= 15 is 0 Å². The Hall–Kier alpha value is -3.35. The van der Waals surface area contributed by atoms with Gasteiger partial charge in [0.25, 0.3) is 5.91 Å². The van der Waals surface area contributed by atoms with Crippen molar-refractivity contribution in [3.05, 3.63) is 54.1 Å². The van der Waals surface area contributed by atoms with Crippen molar-refractivity contribution in [2.24, 2.45) is 5.10 Å². The summed E-state index contributed by atoms with van der Waals surface area (Å²) in [5, 5.41) is 6.68. The molecule has 25 heavy (non-hydrogen) atoms. The van der Waals surface area contributed by atoms with Gasteiger partial charge in [-0.3, -0.25) is 9.59 Å². The van der Waals surface area contributed by atoms with Crippen molar-refractivity contribution in [1.29, 1.82) is 0 Å². The molecule has 0 aliphatic carbocycles. The Morgan fingerprint density at radius 2 is 1.80 bits per heavy atom. The fourth-order valence-corrected chi connectivity index (χ4v) is 2.12. The zero-order valence-corrected chi connectivity index (χ0v) is 14.1. The molecule has 2 aromatic carbocycles. The Kier molecular flexibility index (Phi) is 6.11. The highest BCUT2D eigenvalue weighted by molar-refractivity contribution is 6.06. The highest BCUT2D eigenvalue weighted by atomic mass is 16.5. The Morgan fingerprint density at radius 3 is 2.52 bits per heavy atom. The minimum atomic E-state index is -0.428. The number of carbonyl (C=O) groups is 2. The van der Waals surface area contributed by atoms with Crippen LogP contribution in [0.2, 0.25) is 0 Å². The van der Waals surface area contributed by atoms with Crippen LogP contribution in [0.1, 0.15) is 23.7 Å². The maximum absolute atomic E-state index is 12.1. The molecule has 0 bridgehead atoms. The molecule has 7 heteroatoms. The van der Waals surface area contributed by atoms with Crippen molar-refractivity contribution in [1.82, 2.24) is 5.43 Å². The zero-order chi connectivity index (χ0) is 18.2. The van der Waals surface area contributed by atoms with Gasteiger partial charge in [-0.05, 0) is 31.2 Å². The van der Waals surface area contributed by atoms with Gasteiger partial charge in [0, 0.05) is 11.4 Å². The lowest BCUT2D eigenvalue weighted by Gasteiger charge is -2.09. The molecule has 0 fully saturated rings. The van der Waals surface area contributed by atoms with Gasteiger partial charge in [0.2, 0.25) is 5.91 Å². The number of anilines is 2. The number of nitrogens with zero attached hydrogens (tertiary/aromatic N) is 1. The number of nitrogens with one attached hydrogen (secondary N) is 2. The molecular formula is C18H20N4O3. The number of ether oxygens (including phenoxy) is 1. The van der Waals surface area contributed by atoms with E-state index in [2.05, 4.69) is 15.8 Å². The summed E-state index contributed by atoms with van der Waals surface area (Å²) in [6.45, 7) is 1.65. The fourth-order valence-electron chi connectivity index (χ4n) is 2.12. The number of amides is 2. The van der Waals surface area contributed by atoms with Crippen LogP contribution in [0.5, 0.6) is 5.75 Å². The highest BCUT2D eigenvalue weighted by Gasteiger charge is 2.10. The smallest absolute Gasteiger partial charge is 0.273 e. The van der Waals surface area contributed by atoms with Gasteiger partial charge < -0.3 is 15.8 Å². The molecule has 4 N–H and O–H groups in total. The van der Waals surface area contributed by atoms with E-state index in [0.29, 0.717) is 28.4 Å². The molecule has 0 aromatic heterocycles. The van der Waals surface area contributed by atoms with Crippen molar-refractivity contribution in [3.63, 3.8) is 0 Å². The molecule has 0 spiro atoms. The molecule has 0 radical (unpaired) electrons. The van der Waals surface area contributed by atoms with Crippen molar-refractivity contribution in [3.8, 4) is 5.75 Å². The van der Waals surface area contributed by atoms with E-state index in [9.17, 15) is 9.59 Å². The third-order valence-electron chi connectivity index (χ3n) is 3.35. The minimum absolute atomic E-state index is 0.0304. The number of hydrogen-bond donors (Lipinski definition) is 3. The van der Waals surface area contributed by atoms with Gasteiger partial charge in [-0.25, -0.2) is 5.43 Å². The van der Waals surface area contributed by atoms with Gasteiger partial charge in [-0.1, -0.05) is 24.3 Å². The van der Waals surface area contributed by atoms with Gasteiger partial charge in [0.1, 0.15) is 5.75 Å². The summed E-state index contributed by atoms with van der Waals surface area (Å²) in [6.07, 6.45) is 0.0304. The van der Waals surface area contributed by atoms with Gasteiger partial charge in [0.05, 0.1) is 24.8 Å². The van der Waals surface area contributed by atoms with Crippen LogP contribution >= 0.6 is 0 Å². The van der Waals surface area contributed by atoms with Crippen LogP contribution in [0.25, 0.3) is 0 Å². The lowest BCUT2D eigenvalue weighted by atomic mass is 10.2. The second-order valence-electron chi connectivity index (χ2n) is 5.30. The molecule has 0 aliphatic heterocycles. The predicted octanol–water partition coefficient (Wildman–Crippen LogP) is 2.41. The standard InChI is InChI=1S/C18H20N4O3/c1-12(21-22-18(24)13-7-3-4-8-14(13)19)11-17(23)20-15-9-5-6-10-16(15)25-2/h3-10H,11,19H2,1-2H3,(H,20,23)(H,22,24)/b21-12+. The lowest BCUT2D eigenvalue weighted by Crippen LogP contribution is -2.22. The number of benzene rings is 2. The zero-order valence-electron chi connectivity index (χ0n) is 14.1. The number of nitrogen functional groups attached to an aromatic ring is 1. The van der Waals surface area contributed by atoms with Gasteiger partial charge in [-0.2, -0.15) is 5.10 Å². The number of para-hydroxylation sites is 3. The van der Waals surface area contributed by atoms with E-state index in [1.54, 1.807) is 49.4 Å². The topological polar surface area (TPSA) is 106 Å². The molecule has 0 aliphatic rings. The Morgan fingerprint density at radius 1 is 1.12 bits per heavy atom. The van der Waals surface area contributed by atoms with Crippen LogP contribution < -0.4 is 21.2 Å². The number of nitrogens with two attached hydrogens (primary N) is 1. The van der Waals surface area contributed by atoms with Crippen molar-refractivity contribution in [2.45, 2.75) is 13.3 Å². The molecule has 0 heterocycles. The van der Waals surface area contributed by atoms with Crippen molar-refractivity contribution >= 4 is 28.9 Å². The Labute approximate surface area is 145 Å². The normalized spacial score (nSPS) is 10.9. The maximum atomic E-state index is 12.1. The van der Waals surface area contributed by atoms with Crippen molar-refractivity contribution < 1.29 is 14.3 Å². The van der Waals surface area contributed by atoms with E-state index < -0.39 is 5.91 Å². The van der Waals surface area contributed by atoms with Crippen molar-refractivity contribution in [2.75, 3.05) is 18.2 Å². The first-order valence-corrected chi connectivity index (χ1v) is 7.62. The molecule has 130 valence electrons. The van der Waals surface area contributed by atoms with Gasteiger partial charge in [-0.15, -0.1) is 0 Å². The molecule has 0 saturated heterocycles. The molecular weight excluding hydrogens is 320 g/mol. The summed E-state index contributed by atoms with van der Waals surface area (Å²) in [6, 6.07) is 13.8. The van der Waals surface area contributed by atoms with E-state index in [-0.39, 0.29) is 12.3 Å². The SMILES string of the molecule is COc1ccccc1NC(=O)C/C(C)=N/NC(=O)c1ccccc1N. The first kappa shape index (κ1) is 18.0. The summed E-state index contributed by atoms with van der Waals surface area (Å²) < 4.78 is 5.18. The van der Waals surface area contributed by atoms with Crippen LogP contribution in [-0.4, -0.2) is 24.6 Å². The summed E-state index contributed by atoms with van der Waals surface area (Å²) in [5.74, 6) is -0.125. The number of rotatable bonds is 6. The Bertz CT molecular complexity index is 802. The van der Waals surface area contributed by atoms with Crippen LogP contribution in [0.15, 0.2) is 53.6 Å². The number of carbonyl (C=O) groups excluding carboxylic acids is 2. The molecule has 2 amide bonds. The second-order valence-corrected chi connectivity index (χ2v) is 5.30. The molecule has 2 rings (SSSR count). The quantitative estimate of drug-likeness (QED) is 0.426. The summed E-state index contributed by atoms with van der Waals surface area (Å²) >= 11 is 0. The largest absolute Gasteiger partial charge is 0.495 e. The fraction of sp³-hybridized carbons (Fsp3) is 0.167. The van der Waals surface area contributed by atoms with Gasteiger partial charge >= 0.3 is 0 Å². The van der Waals surface area contributed by atoms with E-state index in [1.807, 2.05) is 6.07 Å². The lowest BCUT2D eigenvalue weighted by molar-refractivity contribution is -0.115. The minimum Gasteiger partial charge on any atom is -0.495 e. The summed E-state index contributed by atoms with van der Waals surface area (Å²) in [7, 11) is 1.53. The summed E-state index contributed by atoms with van der Waals surface area (Å²) in [4.78, 5) is 24.1. The summed E-state index contributed by atoms with van der Waals surface area (Å²) in [5.41, 5.74) is 9.85. The third-order valence-corrected chi connectivity index (χ3v) is 3.35. The average Bonchev–Trinajstić information content (AvgIpc) is 2.60. The molecule has 2 aromatic rings. The van der Waals surface area contributed by atoms with E-state index in [4.69, 9.17) is 10.5 Å². The predicted molar refractivity (Wildman–Crippen MR) is 97.7 cm³/mol. The first-order chi connectivity index (χ1) is 12.0. The van der Waals surface area contributed by atoms with Crippen LogP contribution in [0.3, 0.4) is 0 Å².